The Morgan fingerprint density at radius 1 is 1.61 bits per heavy atom. The van der Waals surface area contributed by atoms with Crippen molar-refractivity contribution in [1.29, 1.82) is 0 Å². The standard InChI is InChI=1S/C13H18IN3O/c1-10-8-17(6-5-15-10)9-13(18)16-12-4-2-3-11(14)7-12/h2-4,7,10,15H,5-6,8-9H2,1H3,(H,16,18)/t10-/m1/s1. The molecule has 2 rings (SSSR count). The van der Waals surface area contributed by atoms with Crippen molar-refractivity contribution < 1.29 is 4.79 Å². The van der Waals surface area contributed by atoms with Gasteiger partial charge in [-0.1, -0.05) is 6.07 Å². The summed E-state index contributed by atoms with van der Waals surface area (Å²) in [7, 11) is 0. The number of amides is 1. The number of nitrogens with zero attached hydrogens (tertiary/aromatic N) is 1. The van der Waals surface area contributed by atoms with E-state index in [1.54, 1.807) is 0 Å². The Labute approximate surface area is 121 Å². The van der Waals surface area contributed by atoms with Crippen LogP contribution in [-0.4, -0.2) is 43.0 Å². The van der Waals surface area contributed by atoms with E-state index in [4.69, 9.17) is 0 Å². The maximum atomic E-state index is 11.9. The van der Waals surface area contributed by atoms with E-state index in [1.807, 2.05) is 24.3 Å². The van der Waals surface area contributed by atoms with Gasteiger partial charge in [0.15, 0.2) is 0 Å². The number of anilines is 1. The molecule has 5 heteroatoms. The summed E-state index contributed by atoms with van der Waals surface area (Å²) in [5.74, 6) is 0.0612. The Balaban J connectivity index is 1.85. The minimum atomic E-state index is 0.0612. The molecule has 1 atom stereocenters. The molecule has 98 valence electrons. The lowest BCUT2D eigenvalue weighted by atomic mass is 10.2. The topological polar surface area (TPSA) is 44.4 Å². The quantitative estimate of drug-likeness (QED) is 0.805. The number of carbonyl (C=O) groups excluding carboxylic acids is 1. The van der Waals surface area contributed by atoms with Crippen LogP contribution in [0, 0.1) is 3.57 Å². The molecule has 1 fully saturated rings. The number of hydrogen-bond acceptors (Lipinski definition) is 3. The molecule has 1 aromatic rings. The van der Waals surface area contributed by atoms with Crippen LogP contribution in [0.2, 0.25) is 0 Å². The zero-order valence-electron chi connectivity index (χ0n) is 10.4. The van der Waals surface area contributed by atoms with Gasteiger partial charge in [0.2, 0.25) is 5.91 Å². The van der Waals surface area contributed by atoms with Crippen LogP contribution < -0.4 is 10.6 Å². The van der Waals surface area contributed by atoms with Crippen molar-refractivity contribution in [1.82, 2.24) is 10.2 Å². The molecule has 0 saturated carbocycles. The van der Waals surface area contributed by atoms with Gasteiger partial charge in [0.25, 0.3) is 0 Å². The van der Waals surface area contributed by atoms with Crippen molar-refractivity contribution in [2.75, 3.05) is 31.5 Å². The van der Waals surface area contributed by atoms with Crippen molar-refractivity contribution in [3.8, 4) is 0 Å². The maximum Gasteiger partial charge on any atom is 0.238 e. The zero-order valence-corrected chi connectivity index (χ0v) is 12.6. The second-order valence-electron chi connectivity index (χ2n) is 4.65. The predicted octanol–water partition coefficient (Wildman–Crippen LogP) is 1.52. The van der Waals surface area contributed by atoms with Crippen molar-refractivity contribution in [3.05, 3.63) is 27.8 Å². The fraction of sp³-hybridized carbons (Fsp3) is 0.462. The van der Waals surface area contributed by atoms with E-state index in [-0.39, 0.29) is 5.91 Å². The molecule has 1 amide bonds. The van der Waals surface area contributed by atoms with Crippen LogP contribution >= 0.6 is 22.6 Å². The van der Waals surface area contributed by atoms with Gasteiger partial charge < -0.3 is 10.6 Å². The second kappa shape index (κ2) is 6.49. The molecular formula is C13H18IN3O. The van der Waals surface area contributed by atoms with Gasteiger partial charge in [0, 0.05) is 34.9 Å². The van der Waals surface area contributed by atoms with Crippen molar-refractivity contribution in [3.63, 3.8) is 0 Å². The molecule has 1 saturated heterocycles. The number of carbonyl (C=O) groups is 1. The van der Waals surface area contributed by atoms with E-state index in [1.165, 1.54) is 0 Å². The molecule has 18 heavy (non-hydrogen) atoms. The first-order valence-electron chi connectivity index (χ1n) is 6.14. The summed E-state index contributed by atoms with van der Waals surface area (Å²) in [5.41, 5.74) is 0.870. The Bertz CT molecular complexity index is 424. The lowest BCUT2D eigenvalue weighted by molar-refractivity contribution is -0.117. The van der Waals surface area contributed by atoms with E-state index < -0.39 is 0 Å². The Morgan fingerprint density at radius 2 is 2.44 bits per heavy atom. The van der Waals surface area contributed by atoms with Gasteiger partial charge in [-0.25, -0.2) is 0 Å². The number of piperazine rings is 1. The molecule has 0 bridgehead atoms. The molecule has 0 aromatic heterocycles. The number of nitrogens with one attached hydrogen (secondary N) is 2. The Hall–Kier alpha value is -0.660. The summed E-state index contributed by atoms with van der Waals surface area (Å²) < 4.78 is 1.13. The SMILES string of the molecule is C[C@@H]1CN(CC(=O)Nc2cccc(I)c2)CCN1. The molecular weight excluding hydrogens is 341 g/mol. The van der Waals surface area contributed by atoms with Crippen LogP contribution in [0.5, 0.6) is 0 Å². The molecule has 0 unspecified atom stereocenters. The second-order valence-corrected chi connectivity index (χ2v) is 5.89. The zero-order chi connectivity index (χ0) is 13.0. The van der Waals surface area contributed by atoms with Crippen LogP contribution in [0.25, 0.3) is 0 Å². The fourth-order valence-electron chi connectivity index (χ4n) is 2.13. The van der Waals surface area contributed by atoms with Crippen LogP contribution in [0.3, 0.4) is 0 Å². The number of hydrogen-bond donors (Lipinski definition) is 2. The van der Waals surface area contributed by atoms with Gasteiger partial charge in [-0.3, -0.25) is 9.69 Å². The molecule has 1 heterocycles. The highest BCUT2D eigenvalue weighted by Gasteiger charge is 2.17. The van der Waals surface area contributed by atoms with Crippen molar-refractivity contribution in [2.45, 2.75) is 13.0 Å². The summed E-state index contributed by atoms with van der Waals surface area (Å²) in [6.07, 6.45) is 0. The first-order valence-corrected chi connectivity index (χ1v) is 7.22. The highest BCUT2D eigenvalue weighted by molar-refractivity contribution is 14.1. The first kappa shape index (κ1) is 13.8. The summed E-state index contributed by atoms with van der Waals surface area (Å²) >= 11 is 2.24. The van der Waals surface area contributed by atoms with Gasteiger partial charge in [0.1, 0.15) is 0 Å². The summed E-state index contributed by atoms with van der Waals surface area (Å²) in [5, 5.41) is 6.31. The summed E-state index contributed by atoms with van der Waals surface area (Å²) in [6, 6.07) is 8.31. The van der Waals surface area contributed by atoms with Gasteiger partial charge in [-0.2, -0.15) is 0 Å². The number of benzene rings is 1. The highest BCUT2D eigenvalue weighted by atomic mass is 127. The summed E-state index contributed by atoms with van der Waals surface area (Å²) in [6.45, 7) is 5.43. The molecule has 0 spiro atoms. The minimum Gasteiger partial charge on any atom is -0.325 e. The Kier molecular flexibility index (Phi) is 4.96. The predicted molar refractivity (Wildman–Crippen MR) is 81.7 cm³/mol. The smallest absolute Gasteiger partial charge is 0.238 e. The summed E-state index contributed by atoms with van der Waals surface area (Å²) in [4.78, 5) is 14.1. The van der Waals surface area contributed by atoms with Crippen molar-refractivity contribution in [2.24, 2.45) is 0 Å². The molecule has 0 radical (unpaired) electrons. The average molecular weight is 359 g/mol. The van der Waals surface area contributed by atoms with Gasteiger partial charge in [-0.05, 0) is 47.7 Å². The lowest BCUT2D eigenvalue weighted by Crippen LogP contribution is -2.51. The van der Waals surface area contributed by atoms with Gasteiger partial charge in [0.05, 0.1) is 6.54 Å². The van der Waals surface area contributed by atoms with Gasteiger partial charge in [-0.15, -0.1) is 0 Å². The third-order valence-electron chi connectivity index (χ3n) is 2.93. The van der Waals surface area contributed by atoms with Crippen LogP contribution in [0.1, 0.15) is 6.92 Å². The molecule has 2 N–H and O–H groups in total. The number of rotatable bonds is 3. The normalized spacial score (nSPS) is 20.7. The maximum absolute atomic E-state index is 11.9. The van der Waals surface area contributed by atoms with E-state index in [0.717, 1.165) is 28.9 Å². The van der Waals surface area contributed by atoms with Gasteiger partial charge >= 0.3 is 0 Å². The molecule has 0 aliphatic carbocycles. The van der Waals surface area contributed by atoms with Crippen molar-refractivity contribution >= 4 is 34.2 Å². The fourth-order valence-corrected chi connectivity index (χ4v) is 2.67. The molecule has 1 aliphatic heterocycles. The van der Waals surface area contributed by atoms with Crippen LogP contribution in [0.4, 0.5) is 5.69 Å². The third kappa shape index (κ3) is 4.22. The average Bonchev–Trinajstić information content (AvgIpc) is 2.28. The monoisotopic (exact) mass is 359 g/mol. The van der Waals surface area contributed by atoms with E-state index in [0.29, 0.717) is 12.6 Å². The molecule has 1 aromatic carbocycles. The van der Waals surface area contributed by atoms with E-state index in [9.17, 15) is 4.79 Å². The molecule has 4 nitrogen and oxygen atoms in total. The largest absolute Gasteiger partial charge is 0.325 e. The highest BCUT2D eigenvalue weighted by Crippen LogP contribution is 2.12. The molecule has 1 aliphatic rings. The van der Waals surface area contributed by atoms with Crippen LogP contribution in [0.15, 0.2) is 24.3 Å². The first-order chi connectivity index (χ1) is 8.63. The van der Waals surface area contributed by atoms with E-state index in [2.05, 4.69) is 45.0 Å². The number of halogens is 1. The Morgan fingerprint density at radius 3 is 3.17 bits per heavy atom. The third-order valence-corrected chi connectivity index (χ3v) is 3.60. The van der Waals surface area contributed by atoms with E-state index >= 15 is 0 Å². The minimum absolute atomic E-state index is 0.0612. The lowest BCUT2D eigenvalue weighted by Gasteiger charge is -2.31. The van der Waals surface area contributed by atoms with Crippen LogP contribution in [-0.2, 0) is 4.79 Å².